The fourth-order valence-corrected chi connectivity index (χ4v) is 2.51. The summed E-state index contributed by atoms with van der Waals surface area (Å²) in [5.74, 6) is -1.23. The number of nitrogens with one attached hydrogen (secondary N) is 1. The Bertz CT molecular complexity index is 564. The van der Waals surface area contributed by atoms with Crippen molar-refractivity contribution in [3.63, 3.8) is 0 Å². The molecule has 0 radical (unpaired) electrons. The van der Waals surface area contributed by atoms with Gasteiger partial charge in [-0.05, 0) is 36.4 Å². The van der Waals surface area contributed by atoms with Crippen molar-refractivity contribution in [2.45, 2.75) is 36.8 Å². The van der Waals surface area contributed by atoms with E-state index < -0.39 is 17.5 Å². The molecule has 5 nitrogen and oxygen atoms in total. The molecule has 1 atom stereocenters. The number of thioether (sulfide) groups is 1. The van der Waals surface area contributed by atoms with Crippen molar-refractivity contribution >= 4 is 23.6 Å². The van der Waals surface area contributed by atoms with Crippen LogP contribution in [0, 0.1) is 0 Å². The minimum atomic E-state index is -4.34. The van der Waals surface area contributed by atoms with Gasteiger partial charge in [-0.15, -0.1) is 0 Å². The number of carboxylic acids is 1. The quantitative estimate of drug-likeness (QED) is 0.694. The van der Waals surface area contributed by atoms with Gasteiger partial charge in [0.15, 0.2) is 0 Å². The average Bonchev–Trinajstić information content (AvgIpc) is 2.45. The first kappa shape index (κ1) is 20.3. The van der Waals surface area contributed by atoms with E-state index in [1.54, 1.807) is 4.90 Å². The molecule has 0 aliphatic carbocycles. The molecule has 0 aliphatic rings. The van der Waals surface area contributed by atoms with Gasteiger partial charge in [-0.1, -0.05) is 12.1 Å². The van der Waals surface area contributed by atoms with E-state index in [0.717, 1.165) is 0 Å². The summed E-state index contributed by atoms with van der Waals surface area (Å²) in [5, 5.41) is 11.7. The fourth-order valence-electron chi connectivity index (χ4n) is 1.97. The summed E-state index contributed by atoms with van der Waals surface area (Å²) in [6.07, 6.45) is 0. The van der Waals surface area contributed by atoms with Crippen LogP contribution in [0.3, 0.4) is 0 Å². The third-order valence-electron chi connectivity index (χ3n) is 3.22. The SMILES string of the molecule is CC(=O)NCCN(Cc1ccc(SC(F)(F)F)cc1)C(C)C(=O)O. The van der Waals surface area contributed by atoms with Crippen molar-refractivity contribution in [1.29, 1.82) is 0 Å². The van der Waals surface area contributed by atoms with Crippen LogP contribution in [0.5, 0.6) is 0 Å². The van der Waals surface area contributed by atoms with Crippen LogP contribution in [0.25, 0.3) is 0 Å². The highest BCUT2D eigenvalue weighted by Gasteiger charge is 2.29. The molecule has 0 spiro atoms. The summed E-state index contributed by atoms with van der Waals surface area (Å²) in [6, 6.07) is 4.99. The van der Waals surface area contributed by atoms with Gasteiger partial charge in [-0.2, -0.15) is 13.2 Å². The maximum absolute atomic E-state index is 12.3. The van der Waals surface area contributed by atoms with Crippen LogP contribution in [0.2, 0.25) is 0 Å². The molecular weight excluding hydrogens is 345 g/mol. The first-order chi connectivity index (χ1) is 11.1. The molecule has 0 aromatic heterocycles. The molecule has 0 saturated heterocycles. The van der Waals surface area contributed by atoms with Gasteiger partial charge in [-0.25, -0.2) is 0 Å². The van der Waals surface area contributed by atoms with E-state index in [-0.39, 0.29) is 35.7 Å². The van der Waals surface area contributed by atoms with Crippen LogP contribution < -0.4 is 5.32 Å². The molecule has 1 aromatic carbocycles. The fraction of sp³-hybridized carbons (Fsp3) is 0.467. The van der Waals surface area contributed by atoms with E-state index in [4.69, 9.17) is 5.11 Å². The van der Waals surface area contributed by atoms with E-state index in [0.29, 0.717) is 12.1 Å². The molecular formula is C15H19F3N2O3S. The van der Waals surface area contributed by atoms with E-state index in [1.807, 2.05) is 0 Å². The molecule has 1 amide bonds. The highest BCUT2D eigenvalue weighted by Crippen LogP contribution is 2.36. The Morgan fingerprint density at radius 3 is 2.33 bits per heavy atom. The predicted molar refractivity (Wildman–Crippen MR) is 84.5 cm³/mol. The summed E-state index contributed by atoms with van der Waals surface area (Å²) in [6.45, 7) is 3.73. The molecule has 0 saturated carbocycles. The monoisotopic (exact) mass is 364 g/mol. The molecule has 2 N–H and O–H groups in total. The molecule has 0 fully saturated rings. The molecule has 9 heteroatoms. The maximum Gasteiger partial charge on any atom is 0.446 e. The van der Waals surface area contributed by atoms with E-state index in [1.165, 1.54) is 38.1 Å². The summed E-state index contributed by atoms with van der Waals surface area (Å²) in [5.41, 5.74) is -3.65. The number of halogens is 3. The lowest BCUT2D eigenvalue weighted by Gasteiger charge is -2.26. The highest BCUT2D eigenvalue weighted by atomic mass is 32.2. The second-order valence-corrected chi connectivity index (χ2v) is 6.30. The van der Waals surface area contributed by atoms with Crippen molar-refractivity contribution in [2.24, 2.45) is 0 Å². The second-order valence-electron chi connectivity index (χ2n) is 5.16. The Balaban J connectivity index is 2.74. The first-order valence-corrected chi connectivity index (χ1v) is 7.96. The van der Waals surface area contributed by atoms with Gasteiger partial charge in [0.05, 0.1) is 0 Å². The standard InChI is InChI=1S/C15H19F3N2O3S/c1-10(14(22)23)20(8-7-19-11(2)21)9-12-3-5-13(6-4-12)24-15(16,17)18/h3-6,10H,7-9H2,1-2H3,(H,19,21)(H,22,23). The largest absolute Gasteiger partial charge is 0.480 e. The second kappa shape index (κ2) is 8.93. The summed E-state index contributed by atoms with van der Waals surface area (Å²) >= 11 is -0.199. The van der Waals surface area contributed by atoms with E-state index >= 15 is 0 Å². The minimum absolute atomic E-state index is 0.0716. The Labute approximate surface area is 142 Å². The lowest BCUT2D eigenvalue weighted by Crippen LogP contribution is -2.42. The number of hydrogen-bond acceptors (Lipinski definition) is 4. The molecule has 1 unspecified atom stereocenters. The van der Waals surface area contributed by atoms with Gasteiger partial charge in [-0.3, -0.25) is 14.5 Å². The first-order valence-electron chi connectivity index (χ1n) is 7.14. The van der Waals surface area contributed by atoms with Gasteiger partial charge in [0.1, 0.15) is 6.04 Å². The number of amides is 1. The van der Waals surface area contributed by atoms with Crippen LogP contribution in [0.4, 0.5) is 13.2 Å². The number of carbonyl (C=O) groups is 2. The zero-order valence-corrected chi connectivity index (χ0v) is 14.1. The molecule has 0 bridgehead atoms. The topological polar surface area (TPSA) is 69.6 Å². The zero-order valence-electron chi connectivity index (χ0n) is 13.3. The third-order valence-corrected chi connectivity index (χ3v) is 3.96. The van der Waals surface area contributed by atoms with Crippen molar-refractivity contribution in [3.05, 3.63) is 29.8 Å². The normalized spacial score (nSPS) is 12.9. The summed E-state index contributed by atoms with van der Waals surface area (Å²) in [4.78, 5) is 23.8. The van der Waals surface area contributed by atoms with Gasteiger partial charge >= 0.3 is 11.5 Å². The third kappa shape index (κ3) is 7.69. The van der Waals surface area contributed by atoms with Gasteiger partial charge in [0.2, 0.25) is 5.91 Å². The lowest BCUT2D eigenvalue weighted by molar-refractivity contribution is -0.142. The summed E-state index contributed by atoms with van der Waals surface area (Å²) in [7, 11) is 0. The molecule has 1 rings (SSSR count). The number of carboxylic acid groups (broad SMARTS) is 1. The number of rotatable bonds is 8. The average molecular weight is 364 g/mol. The molecule has 1 aromatic rings. The number of aliphatic carboxylic acids is 1. The van der Waals surface area contributed by atoms with Crippen LogP contribution in [-0.4, -0.2) is 46.5 Å². The highest BCUT2D eigenvalue weighted by molar-refractivity contribution is 8.00. The summed E-state index contributed by atoms with van der Waals surface area (Å²) < 4.78 is 36.9. The van der Waals surface area contributed by atoms with Crippen molar-refractivity contribution in [1.82, 2.24) is 10.2 Å². The zero-order chi connectivity index (χ0) is 18.3. The van der Waals surface area contributed by atoms with Crippen molar-refractivity contribution < 1.29 is 27.9 Å². The number of hydrogen-bond donors (Lipinski definition) is 2. The Hall–Kier alpha value is -1.74. The smallest absolute Gasteiger partial charge is 0.446 e. The van der Waals surface area contributed by atoms with Crippen LogP contribution in [0.15, 0.2) is 29.2 Å². The maximum atomic E-state index is 12.3. The molecule has 134 valence electrons. The van der Waals surface area contributed by atoms with Crippen molar-refractivity contribution in [3.8, 4) is 0 Å². The van der Waals surface area contributed by atoms with E-state index in [2.05, 4.69) is 5.32 Å². The van der Waals surface area contributed by atoms with Crippen LogP contribution in [-0.2, 0) is 16.1 Å². The molecule has 0 heterocycles. The minimum Gasteiger partial charge on any atom is -0.480 e. The van der Waals surface area contributed by atoms with Gasteiger partial charge < -0.3 is 10.4 Å². The van der Waals surface area contributed by atoms with E-state index in [9.17, 15) is 22.8 Å². The Morgan fingerprint density at radius 1 is 1.29 bits per heavy atom. The predicted octanol–water partition coefficient (Wildman–Crippen LogP) is 2.71. The number of benzene rings is 1. The van der Waals surface area contributed by atoms with Crippen LogP contribution >= 0.6 is 11.8 Å². The molecule has 0 aliphatic heterocycles. The Morgan fingerprint density at radius 2 is 1.88 bits per heavy atom. The van der Waals surface area contributed by atoms with Gasteiger partial charge in [0.25, 0.3) is 0 Å². The van der Waals surface area contributed by atoms with Crippen molar-refractivity contribution in [2.75, 3.05) is 13.1 Å². The lowest BCUT2D eigenvalue weighted by atomic mass is 10.2. The van der Waals surface area contributed by atoms with Gasteiger partial charge in [0, 0.05) is 31.5 Å². The number of alkyl halides is 3. The molecule has 24 heavy (non-hydrogen) atoms. The Kier molecular flexibility index (Phi) is 7.56. The number of carbonyl (C=O) groups excluding carboxylic acids is 1. The van der Waals surface area contributed by atoms with Crippen LogP contribution in [0.1, 0.15) is 19.4 Å². The number of nitrogens with zero attached hydrogens (tertiary/aromatic N) is 1.